The molecular weight excluding hydrogens is 190 g/mol. The molecule has 1 N–H and O–H groups in total. The minimum absolute atomic E-state index is 0.308. The second-order valence-corrected chi connectivity index (χ2v) is 4.15. The van der Waals surface area contributed by atoms with E-state index in [-0.39, 0.29) is 0 Å². The van der Waals surface area contributed by atoms with Crippen molar-refractivity contribution in [2.75, 3.05) is 20.3 Å². The summed E-state index contributed by atoms with van der Waals surface area (Å²) >= 11 is -1.34. The largest absolute Gasteiger partial charge is 0.378 e. The predicted octanol–water partition coefficient (Wildman–Crippen LogP) is 0.760. The van der Waals surface area contributed by atoms with E-state index in [1.807, 2.05) is 0 Å². The van der Waals surface area contributed by atoms with Gasteiger partial charge in [0, 0.05) is 6.61 Å². The van der Waals surface area contributed by atoms with Gasteiger partial charge in [0.2, 0.25) is 11.3 Å². The summed E-state index contributed by atoms with van der Waals surface area (Å²) in [6.07, 6.45) is 4.66. The number of ether oxygens (including phenoxy) is 1. The molecular formula is C8H17NO3S. The van der Waals surface area contributed by atoms with E-state index in [0.717, 1.165) is 19.4 Å². The molecule has 1 fully saturated rings. The molecule has 4 nitrogen and oxygen atoms in total. The summed E-state index contributed by atoms with van der Waals surface area (Å²) in [7, 11) is 1.60. The average molecular weight is 207 g/mol. The Labute approximate surface area is 81.8 Å². The van der Waals surface area contributed by atoms with Crippen LogP contribution in [0.5, 0.6) is 0 Å². The van der Waals surface area contributed by atoms with Crippen molar-refractivity contribution in [3.05, 3.63) is 0 Å². The molecule has 1 rings (SSSR count). The van der Waals surface area contributed by atoms with Crippen LogP contribution in [0.25, 0.3) is 0 Å². The standard InChI is InChI=1S/C8H17NO3S/c1-9-13(10)12-7-5-8-4-2-3-6-11-8/h8-9H,2-7H2,1H3. The van der Waals surface area contributed by atoms with E-state index < -0.39 is 11.3 Å². The summed E-state index contributed by atoms with van der Waals surface area (Å²) in [5, 5.41) is 0. The quantitative estimate of drug-likeness (QED) is 0.724. The molecule has 1 saturated heterocycles. The molecule has 2 atom stereocenters. The fourth-order valence-electron chi connectivity index (χ4n) is 1.35. The van der Waals surface area contributed by atoms with Crippen molar-refractivity contribution in [1.82, 2.24) is 4.72 Å². The Kier molecular flexibility index (Phi) is 5.54. The van der Waals surface area contributed by atoms with Crippen LogP contribution in [0.4, 0.5) is 0 Å². The maximum Gasteiger partial charge on any atom is 0.234 e. The molecule has 1 aliphatic rings. The Bertz CT molecular complexity index is 159. The maximum absolute atomic E-state index is 10.8. The summed E-state index contributed by atoms with van der Waals surface area (Å²) in [5.41, 5.74) is 0. The van der Waals surface area contributed by atoms with Crippen LogP contribution in [0.15, 0.2) is 0 Å². The van der Waals surface area contributed by atoms with Crippen molar-refractivity contribution in [2.24, 2.45) is 0 Å². The summed E-state index contributed by atoms with van der Waals surface area (Å²) in [4.78, 5) is 0. The third-order valence-corrected chi connectivity index (χ3v) is 2.78. The van der Waals surface area contributed by atoms with Crippen LogP contribution in [0, 0.1) is 0 Å². The predicted molar refractivity (Wildman–Crippen MR) is 51.4 cm³/mol. The zero-order chi connectivity index (χ0) is 9.52. The third kappa shape index (κ3) is 4.71. The van der Waals surface area contributed by atoms with Gasteiger partial charge in [0.1, 0.15) is 0 Å². The first-order valence-electron chi connectivity index (χ1n) is 4.67. The van der Waals surface area contributed by atoms with Crippen molar-refractivity contribution in [2.45, 2.75) is 31.8 Å². The lowest BCUT2D eigenvalue weighted by Crippen LogP contribution is -2.22. The Morgan fingerprint density at radius 1 is 1.62 bits per heavy atom. The van der Waals surface area contributed by atoms with E-state index >= 15 is 0 Å². The molecule has 5 heteroatoms. The maximum atomic E-state index is 10.8. The van der Waals surface area contributed by atoms with E-state index in [1.54, 1.807) is 7.05 Å². The second kappa shape index (κ2) is 6.48. The van der Waals surface area contributed by atoms with E-state index in [4.69, 9.17) is 8.92 Å². The Morgan fingerprint density at radius 2 is 2.46 bits per heavy atom. The van der Waals surface area contributed by atoms with Gasteiger partial charge in [-0.1, -0.05) is 0 Å². The highest BCUT2D eigenvalue weighted by Gasteiger charge is 2.13. The highest BCUT2D eigenvalue weighted by Crippen LogP contribution is 2.15. The number of rotatable bonds is 5. The van der Waals surface area contributed by atoms with Crippen LogP contribution < -0.4 is 4.72 Å². The van der Waals surface area contributed by atoms with Crippen LogP contribution >= 0.6 is 0 Å². The molecule has 0 saturated carbocycles. The summed E-state index contributed by atoms with van der Waals surface area (Å²) in [6, 6.07) is 0. The smallest absolute Gasteiger partial charge is 0.234 e. The molecule has 0 bridgehead atoms. The Hall–Kier alpha value is 0.0300. The van der Waals surface area contributed by atoms with Crippen molar-refractivity contribution < 1.29 is 13.1 Å². The summed E-state index contributed by atoms with van der Waals surface area (Å²) < 4.78 is 23.8. The van der Waals surface area contributed by atoms with E-state index in [2.05, 4.69) is 4.72 Å². The average Bonchev–Trinajstić information content (AvgIpc) is 2.19. The molecule has 0 aliphatic carbocycles. The first kappa shape index (κ1) is 11.1. The first-order valence-corrected chi connectivity index (χ1v) is 5.74. The molecule has 0 radical (unpaired) electrons. The van der Waals surface area contributed by atoms with E-state index in [9.17, 15) is 4.21 Å². The van der Waals surface area contributed by atoms with Gasteiger partial charge in [-0.3, -0.25) is 4.18 Å². The molecule has 78 valence electrons. The van der Waals surface area contributed by atoms with Crippen LogP contribution in [-0.4, -0.2) is 30.6 Å². The molecule has 0 aromatic carbocycles. The highest BCUT2D eigenvalue weighted by molar-refractivity contribution is 7.78. The molecule has 0 spiro atoms. The summed E-state index contributed by atoms with van der Waals surface area (Å²) in [5.74, 6) is 0. The molecule has 0 aromatic rings. The Balaban J connectivity index is 2.01. The lowest BCUT2D eigenvalue weighted by atomic mass is 10.1. The monoisotopic (exact) mass is 207 g/mol. The minimum atomic E-state index is -1.34. The molecule has 2 unspecified atom stereocenters. The van der Waals surface area contributed by atoms with Gasteiger partial charge in [0.15, 0.2) is 0 Å². The van der Waals surface area contributed by atoms with Gasteiger partial charge in [-0.2, -0.15) is 0 Å². The number of nitrogens with one attached hydrogen (secondary N) is 1. The summed E-state index contributed by atoms with van der Waals surface area (Å²) in [6.45, 7) is 1.36. The minimum Gasteiger partial charge on any atom is -0.378 e. The number of hydrogen-bond acceptors (Lipinski definition) is 3. The van der Waals surface area contributed by atoms with Gasteiger partial charge in [0.05, 0.1) is 12.7 Å². The van der Waals surface area contributed by atoms with Crippen molar-refractivity contribution >= 4 is 11.3 Å². The van der Waals surface area contributed by atoms with Crippen LogP contribution in [0.2, 0.25) is 0 Å². The molecule has 13 heavy (non-hydrogen) atoms. The van der Waals surface area contributed by atoms with E-state index in [0.29, 0.717) is 12.7 Å². The second-order valence-electron chi connectivity index (χ2n) is 3.04. The zero-order valence-electron chi connectivity index (χ0n) is 7.95. The van der Waals surface area contributed by atoms with Crippen molar-refractivity contribution in [3.8, 4) is 0 Å². The van der Waals surface area contributed by atoms with Gasteiger partial charge in [-0.25, -0.2) is 8.93 Å². The van der Waals surface area contributed by atoms with Crippen molar-refractivity contribution in [3.63, 3.8) is 0 Å². The fourth-order valence-corrected chi connectivity index (χ4v) is 1.71. The van der Waals surface area contributed by atoms with Gasteiger partial charge < -0.3 is 4.74 Å². The molecule has 1 aliphatic heterocycles. The molecule has 0 amide bonds. The van der Waals surface area contributed by atoms with Gasteiger partial charge in [-0.05, 0) is 32.7 Å². The highest BCUT2D eigenvalue weighted by atomic mass is 32.2. The lowest BCUT2D eigenvalue weighted by molar-refractivity contribution is 0.00483. The van der Waals surface area contributed by atoms with Gasteiger partial charge in [-0.15, -0.1) is 0 Å². The van der Waals surface area contributed by atoms with Gasteiger partial charge in [0.25, 0.3) is 0 Å². The SMILES string of the molecule is CNS(=O)OCCC1CCCCO1. The van der Waals surface area contributed by atoms with Crippen LogP contribution in [-0.2, 0) is 20.2 Å². The molecule has 0 aromatic heterocycles. The van der Waals surface area contributed by atoms with Crippen LogP contribution in [0.3, 0.4) is 0 Å². The zero-order valence-corrected chi connectivity index (χ0v) is 8.77. The third-order valence-electron chi connectivity index (χ3n) is 2.07. The Morgan fingerprint density at radius 3 is 3.08 bits per heavy atom. The topological polar surface area (TPSA) is 47.6 Å². The van der Waals surface area contributed by atoms with Crippen LogP contribution in [0.1, 0.15) is 25.7 Å². The lowest BCUT2D eigenvalue weighted by Gasteiger charge is -2.21. The van der Waals surface area contributed by atoms with Crippen molar-refractivity contribution in [1.29, 1.82) is 0 Å². The normalized spacial score (nSPS) is 25.8. The number of hydrogen-bond donors (Lipinski definition) is 1. The fraction of sp³-hybridized carbons (Fsp3) is 1.00. The first-order chi connectivity index (χ1) is 6.33. The molecule has 1 heterocycles. The van der Waals surface area contributed by atoms with Gasteiger partial charge >= 0.3 is 0 Å². The van der Waals surface area contributed by atoms with E-state index in [1.165, 1.54) is 12.8 Å².